The Morgan fingerprint density at radius 3 is 1.60 bits per heavy atom. The zero-order chi connectivity index (χ0) is 28.8. The summed E-state index contributed by atoms with van der Waals surface area (Å²) in [4.78, 5) is 0. The van der Waals surface area contributed by atoms with Crippen LogP contribution in [0.15, 0.2) is 115 Å². The fraction of sp³-hybridized carbons (Fsp3) is 0.143. The first kappa shape index (κ1) is 23.7. The number of fused-ring (bicyclic) bond motifs is 14. The summed E-state index contributed by atoms with van der Waals surface area (Å²) >= 11 is 0. The Labute approximate surface area is 251 Å². The minimum atomic E-state index is -0.124. The van der Waals surface area contributed by atoms with Crippen molar-refractivity contribution < 1.29 is 0 Å². The van der Waals surface area contributed by atoms with E-state index in [-0.39, 0.29) is 10.8 Å². The summed E-state index contributed by atoms with van der Waals surface area (Å²) in [6.07, 6.45) is 0. The molecule has 0 amide bonds. The molecule has 2 aliphatic rings. The number of para-hydroxylation sites is 2. The Morgan fingerprint density at radius 1 is 0.395 bits per heavy atom. The number of rotatable bonds is 0. The van der Waals surface area contributed by atoms with E-state index in [9.17, 15) is 0 Å². The van der Waals surface area contributed by atoms with E-state index in [1.807, 2.05) is 0 Å². The van der Waals surface area contributed by atoms with Crippen molar-refractivity contribution in [3.05, 3.63) is 138 Å². The van der Waals surface area contributed by atoms with Crippen LogP contribution in [-0.2, 0) is 10.8 Å². The number of hydrogen-bond acceptors (Lipinski definition) is 0. The predicted octanol–water partition coefficient (Wildman–Crippen LogP) is 11.2. The zero-order valence-corrected chi connectivity index (χ0v) is 24.9. The van der Waals surface area contributed by atoms with Crippen molar-refractivity contribution in [2.75, 3.05) is 0 Å². The van der Waals surface area contributed by atoms with Crippen molar-refractivity contribution in [2.45, 2.75) is 38.5 Å². The zero-order valence-electron chi connectivity index (χ0n) is 24.9. The Balaban J connectivity index is 1.34. The van der Waals surface area contributed by atoms with Gasteiger partial charge in [-0.3, -0.25) is 0 Å². The van der Waals surface area contributed by atoms with Crippen LogP contribution >= 0.6 is 0 Å². The second-order valence-electron chi connectivity index (χ2n) is 13.8. The summed E-state index contributed by atoms with van der Waals surface area (Å²) in [5.74, 6) is 0. The first-order valence-corrected chi connectivity index (χ1v) is 15.5. The van der Waals surface area contributed by atoms with E-state index in [0.29, 0.717) is 0 Å². The highest BCUT2D eigenvalue weighted by molar-refractivity contribution is 6.26. The molecule has 0 N–H and O–H groups in total. The Kier molecular flexibility index (Phi) is 4.15. The van der Waals surface area contributed by atoms with Gasteiger partial charge >= 0.3 is 0 Å². The SMILES string of the molecule is CC1(C)c2cc3c(cc2-c2cc4c5ccccc5c5ccccc5c4cc21)C(C)(C)c1cccc2c4ccccc4n-3c12. The van der Waals surface area contributed by atoms with Crippen molar-refractivity contribution in [1.29, 1.82) is 0 Å². The lowest BCUT2D eigenvalue weighted by molar-refractivity contribution is 0.625. The molecule has 1 aliphatic carbocycles. The van der Waals surface area contributed by atoms with E-state index < -0.39 is 0 Å². The third-order valence-corrected chi connectivity index (χ3v) is 10.9. The monoisotopic (exact) mass is 549 g/mol. The molecule has 8 aromatic rings. The molecule has 0 atom stereocenters. The molecule has 0 bridgehead atoms. The van der Waals surface area contributed by atoms with Gasteiger partial charge in [-0.2, -0.15) is 0 Å². The maximum absolute atomic E-state index is 2.55. The van der Waals surface area contributed by atoms with Gasteiger partial charge in [0.05, 0.1) is 16.7 Å². The van der Waals surface area contributed by atoms with E-state index in [1.165, 1.54) is 93.2 Å². The van der Waals surface area contributed by atoms with Crippen molar-refractivity contribution in [3.8, 4) is 16.8 Å². The largest absolute Gasteiger partial charge is 0.309 e. The van der Waals surface area contributed by atoms with E-state index in [4.69, 9.17) is 0 Å². The maximum atomic E-state index is 2.55. The van der Waals surface area contributed by atoms with Gasteiger partial charge in [-0.15, -0.1) is 0 Å². The Hall–Kier alpha value is -4.88. The molecule has 0 saturated carbocycles. The summed E-state index contributed by atoms with van der Waals surface area (Å²) in [5, 5.41) is 10.7. The smallest absolute Gasteiger partial charge is 0.0582 e. The van der Waals surface area contributed by atoms with Crippen LogP contribution in [0.3, 0.4) is 0 Å². The molecular weight excluding hydrogens is 518 g/mol. The van der Waals surface area contributed by atoms with Crippen LogP contribution < -0.4 is 0 Å². The summed E-state index contributed by atoms with van der Waals surface area (Å²) in [6, 6.07) is 43.8. The molecule has 1 nitrogen and oxygen atoms in total. The quantitative estimate of drug-likeness (QED) is 0.166. The van der Waals surface area contributed by atoms with Crippen LogP contribution in [0.2, 0.25) is 0 Å². The average Bonchev–Trinajstić information content (AvgIpc) is 3.48. The lowest BCUT2D eigenvalue weighted by Gasteiger charge is -2.36. The fourth-order valence-corrected chi connectivity index (χ4v) is 8.77. The summed E-state index contributed by atoms with van der Waals surface area (Å²) in [5.41, 5.74) is 12.2. The highest BCUT2D eigenvalue weighted by Gasteiger charge is 2.41. The highest BCUT2D eigenvalue weighted by atomic mass is 15.0. The topological polar surface area (TPSA) is 4.93 Å². The predicted molar refractivity (Wildman–Crippen MR) is 183 cm³/mol. The molecule has 7 aromatic carbocycles. The number of aromatic nitrogens is 1. The summed E-state index contributed by atoms with van der Waals surface area (Å²) in [6.45, 7) is 9.67. The first-order chi connectivity index (χ1) is 20.9. The molecular formula is C42H31N. The Bertz CT molecular complexity index is 2550. The molecule has 43 heavy (non-hydrogen) atoms. The van der Waals surface area contributed by atoms with Gasteiger partial charge in [0.1, 0.15) is 0 Å². The van der Waals surface area contributed by atoms with Gasteiger partial charge in [0.25, 0.3) is 0 Å². The highest BCUT2D eigenvalue weighted by Crippen LogP contribution is 2.56. The normalized spacial score (nSPS) is 15.8. The van der Waals surface area contributed by atoms with Gasteiger partial charge in [-0.1, -0.05) is 113 Å². The van der Waals surface area contributed by atoms with E-state index >= 15 is 0 Å². The molecule has 10 rings (SSSR count). The number of benzene rings is 7. The summed E-state index contributed by atoms with van der Waals surface area (Å²) in [7, 11) is 0. The van der Waals surface area contributed by atoms with E-state index in [1.54, 1.807) is 0 Å². The first-order valence-electron chi connectivity index (χ1n) is 15.5. The molecule has 2 heterocycles. The molecule has 1 aliphatic heterocycles. The third kappa shape index (κ3) is 2.70. The standard InChI is InChI=1S/C42H31N/c1-41(2)34-18-11-17-29-28-16-9-10-19-38(28)43(40(29)34)39-23-36-33(22-37(39)41)32-20-30-26-14-7-5-12-24(26)25-13-6-8-15-27(25)31(30)21-35(32)42(36,3)4/h5-23H,1-4H3. The van der Waals surface area contributed by atoms with Crippen LogP contribution in [0.25, 0.3) is 70.9 Å². The lowest BCUT2D eigenvalue weighted by Crippen LogP contribution is -2.27. The molecule has 0 spiro atoms. The minimum Gasteiger partial charge on any atom is -0.309 e. The third-order valence-electron chi connectivity index (χ3n) is 10.9. The molecule has 0 radical (unpaired) electrons. The minimum absolute atomic E-state index is 0.121. The van der Waals surface area contributed by atoms with E-state index in [2.05, 4.69) is 148 Å². The number of hydrogen-bond donors (Lipinski definition) is 0. The van der Waals surface area contributed by atoms with Crippen molar-refractivity contribution in [2.24, 2.45) is 0 Å². The van der Waals surface area contributed by atoms with Crippen LogP contribution in [0.4, 0.5) is 0 Å². The molecule has 204 valence electrons. The maximum Gasteiger partial charge on any atom is 0.0582 e. The van der Waals surface area contributed by atoms with E-state index in [0.717, 1.165) is 0 Å². The van der Waals surface area contributed by atoms with Gasteiger partial charge in [-0.05, 0) is 96.0 Å². The summed E-state index contributed by atoms with van der Waals surface area (Å²) < 4.78 is 2.55. The molecule has 0 unspecified atom stereocenters. The van der Waals surface area contributed by atoms with Crippen molar-refractivity contribution in [1.82, 2.24) is 4.57 Å². The van der Waals surface area contributed by atoms with Gasteiger partial charge in [0, 0.05) is 21.6 Å². The van der Waals surface area contributed by atoms with Gasteiger partial charge in [0.2, 0.25) is 0 Å². The fourth-order valence-electron chi connectivity index (χ4n) is 8.77. The molecule has 1 aromatic heterocycles. The average molecular weight is 550 g/mol. The Morgan fingerprint density at radius 2 is 0.907 bits per heavy atom. The van der Waals surface area contributed by atoms with Crippen LogP contribution in [0, 0.1) is 0 Å². The van der Waals surface area contributed by atoms with Crippen LogP contribution in [0.5, 0.6) is 0 Å². The lowest BCUT2D eigenvalue weighted by atomic mass is 9.73. The number of nitrogens with zero attached hydrogens (tertiary/aromatic N) is 1. The van der Waals surface area contributed by atoms with Crippen LogP contribution in [-0.4, -0.2) is 4.57 Å². The molecule has 0 fully saturated rings. The molecule has 1 heteroatoms. The van der Waals surface area contributed by atoms with Gasteiger partial charge in [0.15, 0.2) is 0 Å². The molecule has 0 saturated heterocycles. The van der Waals surface area contributed by atoms with Gasteiger partial charge in [-0.25, -0.2) is 0 Å². The second-order valence-corrected chi connectivity index (χ2v) is 13.8. The van der Waals surface area contributed by atoms with Crippen LogP contribution in [0.1, 0.15) is 49.9 Å². The van der Waals surface area contributed by atoms with Gasteiger partial charge < -0.3 is 4.57 Å². The van der Waals surface area contributed by atoms with Crippen molar-refractivity contribution >= 4 is 54.1 Å². The second kappa shape index (κ2) is 7.54. The van der Waals surface area contributed by atoms with Crippen molar-refractivity contribution in [3.63, 3.8) is 0 Å².